The van der Waals surface area contributed by atoms with Crippen molar-refractivity contribution in [2.24, 2.45) is 0 Å². The quantitative estimate of drug-likeness (QED) is 0.410. The molecule has 154 valence electrons. The van der Waals surface area contributed by atoms with Crippen LogP contribution in [0.4, 0.5) is 10.5 Å². The zero-order chi connectivity index (χ0) is 21.3. The van der Waals surface area contributed by atoms with E-state index in [9.17, 15) is 19.2 Å². The van der Waals surface area contributed by atoms with Crippen LogP contribution < -0.4 is 10.6 Å². The first-order chi connectivity index (χ1) is 13.1. The van der Waals surface area contributed by atoms with Crippen LogP contribution in [0.3, 0.4) is 0 Å². The number of benzene rings is 1. The fourth-order valence-electron chi connectivity index (χ4n) is 2.12. The summed E-state index contributed by atoms with van der Waals surface area (Å²) in [6.45, 7) is 5.24. The number of hydrogen-bond acceptors (Lipinski definition) is 7. The Morgan fingerprint density at radius 2 is 1.61 bits per heavy atom. The number of carbonyl (C=O) groups excluding carboxylic acids is 4. The van der Waals surface area contributed by atoms with Gasteiger partial charge in [0.15, 0.2) is 0 Å². The van der Waals surface area contributed by atoms with Gasteiger partial charge in [-0.1, -0.05) is 0 Å². The molecule has 0 aliphatic rings. The van der Waals surface area contributed by atoms with E-state index in [4.69, 9.17) is 4.74 Å². The maximum atomic E-state index is 12.4. The smallest absolute Gasteiger partial charge is 0.412 e. The predicted octanol–water partition coefficient (Wildman–Crippen LogP) is 2.26. The maximum absolute atomic E-state index is 12.4. The van der Waals surface area contributed by atoms with Crippen LogP contribution in [0.25, 0.3) is 0 Å². The van der Waals surface area contributed by atoms with Crippen LogP contribution in [0.15, 0.2) is 24.3 Å². The van der Waals surface area contributed by atoms with Crippen molar-refractivity contribution in [3.05, 3.63) is 29.8 Å². The van der Waals surface area contributed by atoms with Crippen molar-refractivity contribution in [3.63, 3.8) is 0 Å². The van der Waals surface area contributed by atoms with Crippen LogP contribution in [0.5, 0.6) is 0 Å². The molecule has 0 saturated heterocycles. The first-order valence-electron chi connectivity index (χ1n) is 8.61. The van der Waals surface area contributed by atoms with E-state index in [-0.39, 0.29) is 18.4 Å². The fraction of sp³-hybridized carbons (Fsp3) is 0.474. The minimum atomic E-state index is -0.990. The molecule has 0 saturated carbocycles. The van der Waals surface area contributed by atoms with E-state index in [1.54, 1.807) is 20.8 Å². The normalized spacial score (nSPS) is 11.8. The predicted molar refractivity (Wildman–Crippen MR) is 101 cm³/mol. The monoisotopic (exact) mass is 399 g/mol. The molecule has 28 heavy (non-hydrogen) atoms. The van der Waals surface area contributed by atoms with Crippen LogP contribution in [0.2, 0.25) is 0 Å². The van der Waals surface area contributed by atoms with Crippen LogP contribution in [-0.4, -0.2) is 49.8 Å². The van der Waals surface area contributed by atoms with Gasteiger partial charge in [0.25, 0.3) is 5.91 Å². The first-order valence-corrected chi connectivity index (χ1v) is 8.61. The molecule has 0 aromatic heterocycles. The van der Waals surface area contributed by atoms with Crippen LogP contribution in [0, 0.1) is 0 Å². The standard InChI is InChI=1S/C19H26N2O7/c1-19(2,3)28-18(25)20-13-8-6-12(7-9-13)16(23)21-14(17(24)27-5)10-11-15(22)26-4/h6-9,14H,10-11H2,1-5H3,(H,20,25)(H,21,23)/t14-/m0/s1/i10+1,11+1,14+1,15+1,17+1. The molecule has 0 aliphatic heterocycles. The van der Waals surface area contributed by atoms with Crippen molar-refractivity contribution in [3.8, 4) is 0 Å². The average molecular weight is 399 g/mol. The molecule has 9 heteroatoms. The Labute approximate surface area is 163 Å². The highest BCUT2D eigenvalue weighted by Crippen LogP contribution is 2.13. The van der Waals surface area contributed by atoms with Crippen LogP contribution in [-0.2, 0) is 23.8 Å². The molecular weight excluding hydrogens is 373 g/mol. The lowest BCUT2D eigenvalue weighted by Crippen LogP contribution is -2.41. The molecule has 0 spiro atoms. The lowest BCUT2D eigenvalue weighted by Gasteiger charge is -2.19. The number of rotatable bonds is 7. The Morgan fingerprint density at radius 1 is 1.00 bits per heavy atom. The second-order valence-electron chi connectivity index (χ2n) is 6.87. The minimum absolute atomic E-state index is 0.0450. The van der Waals surface area contributed by atoms with E-state index in [2.05, 4.69) is 20.1 Å². The highest BCUT2D eigenvalue weighted by atomic mass is 16.6. The molecular formula is C19H26N2O7. The zero-order valence-electron chi connectivity index (χ0n) is 16.7. The van der Waals surface area contributed by atoms with Crippen molar-refractivity contribution >= 4 is 29.6 Å². The molecule has 0 heterocycles. The molecule has 2 N–H and O–H groups in total. The summed E-state index contributed by atoms with van der Waals surface area (Å²) in [7, 11) is 2.43. The summed E-state index contributed by atoms with van der Waals surface area (Å²) in [6.07, 6.45) is -0.614. The summed E-state index contributed by atoms with van der Waals surface area (Å²) in [5.74, 6) is -1.69. The topological polar surface area (TPSA) is 120 Å². The number of methoxy groups -OCH3 is 2. The molecule has 1 rings (SSSR count). The van der Waals surface area contributed by atoms with E-state index in [0.29, 0.717) is 5.69 Å². The van der Waals surface area contributed by atoms with Crippen molar-refractivity contribution in [2.45, 2.75) is 45.3 Å². The molecule has 0 unspecified atom stereocenters. The molecule has 1 atom stereocenters. The zero-order valence-corrected chi connectivity index (χ0v) is 16.7. The van der Waals surface area contributed by atoms with Gasteiger partial charge in [0.1, 0.15) is 11.6 Å². The van der Waals surface area contributed by atoms with E-state index in [1.807, 2.05) is 0 Å². The Balaban J connectivity index is 2.72. The number of nitrogens with one attached hydrogen (secondary N) is 2. The number of amides is 2. The van der Waals surface area contributed by atoms with Crippen molar-refractivity contribution in [2.75, 3.05) is 19.5 Å². The van der Waals surface area contributed by atoms with Crippen molar-refractivity contribution < 1.29 is 33.4 Å². The first kappa shape index (κ1) is 22.9. The largest absolute Gasteiger partial charge is 0.469 e. The summed E-state index contributed by atoms with van der Waals surface area (Å²) >= 11 is 0. The third-order valence-corrected chi connectivity index (χ3v) is 3.45. The molecule has 9 nitrogen and oxygen atoms in total. The molecule has 2 amide bonds. The third-order valence-electron chi connectivity index (χ3n) is 3.45. The Bertz CT molecular complexity index is 708. The number of carbonyl (C=O) groups is 4. The van der Waals surface area contributed by atoms with Crippen molar-refractivity contribution in [1.82, 2.24) is 5.32 Å². The highest BCUT2D eigenvalue weighted by Gasteiger charge is 2.23. The number of esters is 2. The lowest BCUT2D eigenvalue weighted by molar-refractivity contribution is -0.144. The molecule has 1 aromatic rings. The van der Waals surface area contributed by atoms with Gasteiger partial charge in [0, 0.05) is 17.7 Å². The van der Waals surface area contributed by atoms with Gasteiger partial charge in [0.2, 0.25) is 0 Å². The molecule has 0 radical (unpaired) electrons. The third kappa shape index (κ3) is 8.07. The number of ether oxygens (including phenoxy) is 3. The van der Waals surface area contributed by atoms with Gasteiger partial charge in [0.05, 0.1) is 14.2 Å². The van der Waals surface area contributed by atoms with Gasteiger partial charge in [-0.25, -0.2) is 9.59 Å². The Morgan fingerprint density at radius 3 is 2.11 bits per heavy atom. The highest BCUT2D eigenvalue weighted by molar-refractivity contribution is 5.97. The summed E-state index contributed by atoms with van der Waals surface area (Å²) in [5.41, 5.74) is 0.0829. The van der Waals surface area contributed by atoms with Gasteiger partial charge in [-0.2, -0.15) is 0 Å². The van der Waals surface area contributed by atoms with E-state index in [1.165, 1.54) is 38.5 Å². The second-order valence-corrected chi connectivity index (χ2v) is 6.87. The maximum Gasteiger partial charge on any atom is 0.412 e. The SMILES string of the molecule is CO[13C](=O)[13CH2][13CH2][13C@H](NC(=O)c1ccc(NC(=O)OC(C)(C)C)cc1)[13C](=O)OC. The van der Waals surface area contributed by atoms with E-state index in [0.717, 1.165) is 0 Å². The van der Waals surface area contributed by atoms with Crippen LogP contribution in [0.1, 0.15) is 44.0 Å². The molecule has 0 bridgehead atoms. The van der Waals surface area contributed by atoms with E-state index >= 15 is 0 Å². The van der Waals surface area contributed by atoms with Crippen molar-refractivity contribution in [1.29, 1.82) is 0 Å². The number of anilines is 1. The molecule has 0 aliphatic carbocycles. The summed E-state index contributed by atoms with van der Waals surface area (Å²) in [6, 6.07) is 5.03. The van der Waals surface area contributed by atoms with E-state index < -0.39 is 35.6 Å². The van der Waals surface area contributed by atoms with Gasteiger partial charge in [-0.15, -0.1) is 0 Å². The van der Waals surface area contributed by atoms with Gasteiger partial charge in [-0.05, 0) is 51.5 Å². The fourth-order valence-corrected chi connectivity index (χ4v) is 2.12. The molecule has 0 fully saturated rings. The second kappa shape index (κ2) is 10.3. The average Bonchev–Trinajstić information content (AvgIpc) is 2.62. The van der Waals surface area contributed by atoms with Gasteiger partial charge < -0.3 is 19.5 Å². The molecule has 1 aromatic carbocycles. The minimum Gasteiger partial charge on any atom is -0.469 e. The Hall–Kier alpha value is -3.10. The summed E-state index contributed by atoms with van der Waals surface area (Å²) in [5, 5.41) is 5.08. The van der Waals surface area contributed by atoms with Gasteiger partial charge >= 0.3 is 18.0 Å². The Kier molecular flexibility index (Phi) is 8.43. The van der Waals surface area contributed by atoms with Gasteiger partial charge in [-0.3, -0.25) is 14.9 Å². The summed E-state index contributed by atoms with van der Waals surface area (Å²) < 4.78 is 14.3. The number of hydrogen-bond donors (Lipinski definition) is 2. The lowest BCUT2D eigenvalue weighted by atomic mass is 10.2. The summed E-state index contributed by atoms with van der Waals surface area (Å²) in [4.78, 5) is 47.2. The van der Waals surface area contributed by atoms with Crippen LogP contribution >= 0.6 is 0 Å².